The van der Waals surface area contributed by atoms with Gasteiger partial charge in [0, 0.05) is 23.5 Å². The van der Waals surface area contributed by atoms with Gasteiger partial charge < -0.3 is 10.0 Å². The second-order valence-corrected chi connectivity index (χ2v) is 6.64. The number of benzene rings is 1. The van der Waals surface area contributed by atoms with Gasteiger partial charge in [0.05, 0.1) is 23.0 Å². The molecule has 1 aliphatic heterocycles. The van der Waals surface area contributed by atoms with Crippen LogP contribution in [0.15, 0.2) is 30.5 Å². The Morgan fingerprint density at radius 3 is 2.85 bits per heavy atom. The average molecular weight is 350 g/mol. The van der Waals surface area contributed by atoms with Crippen molar-refractivity contribution in [3.63, 3.8) is 0 Å². The van der Waals surface area contributed by atoms with Crippen LogP contribution in [0.5, 0.6) is 0 Å². The van der Waals surface area contributed by atoms with Gasteiger partial charge in [0.2, 0.25) is 5.91 Å². The van der Waals surface area contributed by atoms with Crippen LogP contribution >= 0.6 is 0 Å². The van der Waals surface area contributed by atoms with Gasteiger partial charge in [-0.2, -0.15) is 5.10 Å². The number of carboxylic acids is 1. The fraction of sp³-hybridized carbons (Fsp3) is 0.263. The van der Waals surface area contributed by atoms with E-state index in [1.54, 1.807) is 0 Å². The van der Waals surface area contributed by atoms with E-state index in [9.17, 15) is 14.7 Å². The van der Waals surface area contributed by atoms with E-state index in [4.69, 9.17) is 0 Å². The lowest BCUT2D eigenvalue weighted by Crippen LogP contribution is -2.30. The van der Waals surface area contributed by atoms with Gasteiger partial charge >= 0.3 is 5.97 Å². The Labute approximate surface area is 149 Å². The lowest BCUT2D eigenvalue weighted by Gasteiger charge is -2.22. The highest BCUT2D eigenvalue weighted by Gasteiger charge is 2.29. The number of H-pyrrole nitrogens is 1. The van der Waals surface area contributed by atoms with Crippen molar-refractivity contribution in [2.24, 2.45) is 0 Å². The molecule has 2 N–H and O–H groups in total. The van der Waals surface area contributed by atoms with Crippen LogP contribution in [0.2, 0.25) is 0 Å². The first kappa shape index (κ1) is 16.3. The first-order valence-corrected chi connectivity index (χ1v) is 8.46. The Morgan fingerprint density at radius 2 is 2.15 bits per heavy atom. The fourth-order valence-electron chi connectivity index (χ4n) is 3.55. The summed E-state index contributed by atoms with van der Waals surface area (Å²) in [5.74, 6) is -0.963. The molecule has 0 radical (unpaired) electrons. The maximum Gasteiger partial charge on any atom is 0.354 e. The summed E-state index contributed by atoms with van der Waals surface area (Å²) in [6.07, 6.45) is 2.87. The van der Waals surface area contributed by atoms with E-state index in [2.05, 4.69) is 15.2 Å². The van der Waals surface area contributed by atoms with Gasteiger partial charge in [-0.05, 0) is 44.0 Å². The molecule has 3 heterocycles. The number of carbonyl (C=O) groups is 2. The van der Waals surface area contributed by atoms with E-state index < -0.39 is 5.97 Å². The molecule has 1 atom stereocenters. The molecule has 1 fully saturated rings. The van der Waals surface area contributed by atoms with Gasteiger partial charge in [-0.15, -0.1) is 0 Å². The smallest absolute Gasteiger partial charge is 0.354 e. The molecule has 2 aromatic heterocycles. The summed E-state index contributed by atoms with van der Waals surface area (Å²) in [6, 6.07) is 7.81. The number of aromatic nitrogens is 3. The number of aromatic amines is 1. The maximum absolute atomic E-state index is 12.2. The van der Waals surface area contributed by atoms with Crippen molar-refractivity contribution in [3.8, 4) is 11.3 Å². The minimum atomic E-state index is -1.08. The third kappa shape index (κ3) is 2.52. The molecular formula is C19H18N4O3. The van der Waals surface area contributed by atoms with E-state index in [0.29, 0.717) is 17.7 Å². The highest BCUT2D eigenvalue weighted by Crippen LogP contribution is 2.31. The van der Waals surface area contributed by atoms with Gasteiger partial charge in [0.25, 0.3) is 0 Å². The van der Waals surface area contributed by atoms with Gasteiger partial charge in [0.1, 0.15) is 0 Å². The summed E-state index contributed by atoms with van der Waals surface area (Å²) < 4.78 is 0. The van der Waals surface area contributed by atoms with Crippen LogP contribution in [0.25, 0.3) is 22.2 Å². The summed E-state index contributed by atoms with van der Waals surface area (Å²) in [5, 5.41) is 16.6. The average Bonchev–Trinajstić information content (AvgIpc) is 3.21. The maximum atomic E-state index is 12.2. The summed E-state index contributed by atoms with van der Waals surface area (Å²) in [7, 11) is 0. The van der Waals surface area contributed by atoms with Crippen molar-refractivity contribution in [3.05, 3.63) is 41.7 Å². The largest absolute Gasteiger partial charge is 0.477 e. The first-order valence-electron chi connectivity index (χ1n) is 8.46. The normalized spacial score (nSPS) is 17.2. The minimum Gasteiger partial charge on any atom is -0.477 e. The van der Waals surface area contributed by atoms with Gasteiger partial charge in [0.15, 0.2) is 5.69 Å². The third-order valence-electron chi connectivity index (χ3n) is 4.89. The zero-order chi connectivity index (χ0) is 18.4. The molecule has 3 aromatic rings. The lowest BCUT2D eigenvalue weighted by molar-refractivity contribution is -0.117. The molecular weight excluding hydrogens is 332 g/mol. The molecule has 1 aromatic carbocycles. The van der Waals surface area contributed by atoms with Crippen LogP contribution in [0.3, 0.4) is 0 Å². The number of hydrogen-bond donors (Lipinski definition) is 2. The van der Waals surface area contributed by atoms with Crippen LogP contribution < -0.4 is 4.90 Å². The number of nitrogens with one attached hydrogen (secondary N) is 1. The predicted octanol–water partition coefficient (Wildman–Crippen LogP) is 3.15. The molecule has 1 aliphatic rings. The molecule has 26 heavy (non-hydrogen) atoms. The number of aromatic carboxylic acids is 1. The van der Waals surface area contributed by atoms with Gasteiger partial charge in [-0.1, -0.05) is 6.07 Å². The number of carbonyl (C=O) groups excluding carboxylic acids is 1. The SMILES string of the molecule is Cc1cc(-c2cn[nH]c2C(=O)O)nc2cc(N3C(=O)CCC3C)ccc12. The quantitative estimate of drug-likeness (QED) is 0.756. The van der Waals surface area contributed by atoms with Crippen LogP contribution in [-0.2, 0) is 4.79 Å². The standard InChI is InChI=1S/C19H18N4O3/c1-10-7-15(14-9-20-22-18(14)19(25)26)21-16-8-12(4-5-13(10)16)23-11(2)3-6-17(23)24/h4-5,7-9,11H,3,6H2,1-2H3,(H,20,22)(H,25,26). The summed E-state index contributed by atoms with van der Waals surface area (Å²) in [4.78, 5) is 30.0. The number of fused-ring (bicyclic) bond motifs is 1. The lowest BCUT2D eigenvalue weighted by atomic mass is 10.0. The fourth-order valence-corrected chi connectivity index (χ4v) is 3.55. The third-order valence-corrected chi connectivity index (χ3v) is 4.89. The summed E-state index contributed by atoms with van der Waals surface area (Å²) in [6.45, 7) is 3.99. The Morgan fingerprint density at radius 1 is 1.35 bits per heavy atom. The number of carboxylic acid groups (broad SMARTS) is 1. The zero-order valence-electron chi connectivity index (χ0n) is 14.5. The van der Waals surface area contributed by atoms with Crippen LogP contribution in [-0.4, -0.2) is 38.2 Å². The van der Waals surface area contributed by atoms with Gasteiger partial charge in [-0.3, -0.25) is 9.89 Å². The predicted molar refractivity (Wildman–Crippen MR) is 97.2 cm³/mol. The molecule has 4 rings (SSSR count). The van der Waals surface area contributed by atoms with E-state index in [0.717, 1.165) is 28.6 Å². The van der Waals surface area contributed by atoms with Crippen LogP contribution in [0, 0.1) is 6.92 Å². The van der Waals surface area contributed by atoms with E-state index in [1.807, 2.05) is 43.0 Å². The molecule has 0 aliphatic carbocycles. The van der Waals surface area contributed by atoms with E-state index in [1.165, 1.54) is 6.20 Å². The molecule has 7 heteroatoms. The number of anilines is 1. The Bertz CT molecular complexity index is 1040. The molecule has 0 bridgehead atoms. The second kappa shape index (κ2) is 5.94. The van der Waals surface area contributed by atoms with Crippen LogP contribution in [0.4, 0.5) is 5.69 Å². The molecule has 7 nitrogen and oxygen atoms in total. The molecule has 1 amide bonds. The molecule has 0 spiro atoms. The zero-order valence-corrected chi connectivity index (χ0v) is 14.5. The Balaban J connectivity index is 1.86. The number of pyridine rings is 1. The molecule has 132 valence electrons. The van der Waals surface area contributed by atoms with E-state index in [-0.39, 0.29) is 17.6 Å². The number of nitrogens with zero attached hydrogens (tertiary/aromatic N) is 3. The van der Waals surface area contributed by atoms with Crippen molar-refractivity contribution in [2.45, 2.75) is 32.7 Å². The van der Waals surface area contributed by atoms with Crippen molar-refractivity contribution in [1.29, 1.82) is 0 Å². The number of aryl methyl sites for hydroxylation is 1. The summed E-state index contributed by atoms with van der Waals surface area (Å²) in [5.41, 5.74) is 3.52. The molecule has 1 unspecified atom stereocenters. The van der Waals surface area contributed by atoms with Crippen LogP contribution in [0.1, 0.15) is 35.8 Å². The monoisotopic (exact) mass is 350 g/mol. The molecule has 1 saturated heterocycles. The topological polar surface area (TPSA) is 99.2 Å². The van der Waals surface area contributed by atoms with Crippen molar-refractivity contribution < 1.29 is 14.7 Å². The number of rotatable bonds is 3. The Hall–Kier alpha value is -3.22. The second-order valence-electron chi connectivity index (χ2n) is 6.64. The minimum absolute atomic E-state index is 0.00995. The van der Waals surface area contributed by atoms with E-state index >= 15 is 0 Å². The Kier molecular flexibility index (Phi) is 3.72. The number of amides is 1. The van der Waals surface area contributed by atoms with Crippen molar-refractivity contribution in [1.82, 2.24) is 15.2 Å². The first-order chi connectivity index (χ1) is 12.5. The highest BCUT2D eigenvalue weighted by molar-refractivity contribution is 5.99. The van der Waals surface area contributed by atoms with Crippen molar-refractivity contribution in [2.75, 3.05) is 4.90 Å². The highest BCUT2D eigenvalue weighted by atomic mass is 16.4. The number of hydrogen-bond acceptors (Lipinski definition) is 4. The molecule has 0 saturated carbocycles. The summed E-state index contributed by atoms with van der Waals surface area (Å²) >= 11 is 0. The van der Waals surface area contributed by atoms with Crippen molar-refractivity contribution >= 4 is 28.5 Å². The van der Waals surface area contributed by atoms with Gasteiger partial charge in [-0.25, -0.2) is 9.78 Å².